The largest absolute Gasteiger partial charge is 0.509 e. The van der Waals surface area contributed by atoms with Crippen LogP contribution in [0.15, 0.2) is 57.3 Å². The summed E-state index contributed by atoms with van der Waals surface area (Å²) < 4.78 is 39.4. The standard InChI is InChI=1S/C33H35NO11/c1-16(2)8-9-19-14-21(11-13-24(19)40-18(4)35)29(36)34-22-15-20-10-12-23(17(3)25(20)42-30(22)37)41-31-27-26(43-32(38)44-27)28(39-7)33(5,6)45-31/h8,10-15,26-28,31H,9H2,1-7H3,(H,34,36)/t26?,27?,28-,31-/m1/s1. The number of allylic oxidation sites excluding steroid dienone is 2. The van der Waals surface area contributed by atoms with Gasteiger partial charge in [-0.2, -0.15) is 0 Å². The Balaban J connectivity index is 1.39. The van der Waals surface area contributed by atoms with E-state index in [1.165, 1.54) is 26.2 Å². The Labute approximate surface area is 259 Å². The predicted molar refractivity (Wildman–Crippen MR) is 162 cm³/mol. The summed E-state index contributed by atoms with van der Waals surface area (Å²) in [5.74, 6) is -0.332. The van der Waals surface area contributed by atoms with Crippen molar-refractivity contribution in [1.29, 1.82) is 0 Å². The van der Waals surface area contributed by atoms with Crippen molar-refractivity contribution in [3.05, 3.63) is 75.2 Å². The number of nitrogens with one attached hydrogen (secondary N) is 1. The lowest BCUT2D eigenvalue weighted by atomic mass is 9.89. The van der Waals surface area contributed by atoms with E-state index in [1.807, 2.05) is 19.9 Å². The molecule has 45 heavy (non-hydrogen) atoms. The summed E-state index contributed by atoms with van der Waals surface area (Å²) in [4.78, 5) is 49.7. The van der Waals surface area contributed by atoms with Crippen LogP contribution in [0.3, 0.4) is 0 Å². The molecule has 1 aromatic heterocycles. The Morgan fingerprint density at radius 1 is 1.00 bits per heavy atom. The molecule has 0 saturated carbocycles. The second-order valence-electron chi connectivity index (χ2n) is 11.7. The lowest BCUT2D eigenvalue weighted by Crippen LogP contribution is -2.62. The Kier molecular flexibility index (Phi) is 8.72. The fraction of sp³-hybridized carbons (Fsp3) is 0.394. The quantitative estimate of drug-likeness (QED) is 0.153. The van der Waals surface area contributed by atoms with Gasteiger partial charge in [0.2, 0.25) is 12.4 Å². The van der Waals surface area contributed by atoms with Crippen molar-refractivity contribution in [1.82, 2.24) is 0 Å². The minimum atomic E-state index is -1.03. The van der Waals surface area contributed by atoms with E-state index in [0.717, 1.165) is 5.57 Å². The van der Waals surface area contributed by atoms with Crippen LogP contribution in [-0.4, -0.2) is 55.3 Å². The van der Waals surface area contributed by atoms with Crippen LogP contribution in [0.4, 0.5) is 10.5 Å². The number of fused-ring (bicyclic) bond motifs is 2. The number of carbonyl (C=O) groups excluding carboxylic acids is 3. The van der Waals surface area contributed by atoms with Gasteiger partial charge >= 0.3 is 17.8 Å². The molecule has 3 heterocycles. The summed E-state index contributed by atoms with van der Waals surface area (Å²) >= 11 is 0. The summed E-state index contributed by atoms with van der Waals surface area (Å²) in [6, 6.07) is 9.52. The molecule has 1 N–H and O–H groups in total. The normalized spacial score (nSPS) is 21.7. The SMILES string of the molecule is CO[C@@H]1C2OC(=O)OC2[C@H](Oc2ccc3cc(NC(=O)c4ccc(OC(C)=O)c(CC=C(C)C)c4)c(=O)oc3c2C)OC1(C)C. The molecule has 2 aliphatic rings. The third-order valence-corrected chi connectivity index (χ3v) is 7.61. The molecule has 2 saturated heterocycles. The van der Waals surface area contributed by atoms with Crippen molar-refractivity contribution < 1.29 is 47.2 Å². The Morgan fingerprint density at radius 2 is 1.71 bits per heavy atom. The highest BCUT2D eigenvalue weighted by Crippen LogP contribution is 2.39. The molecule has 2 fully saturated rings. The average molecular weight is 622 g/mol. The summed E-state index contributed by atoms with van der Waals surface area (Å²) in [5.41, 5.74) is 0.989. The van der Waals surface area contributed by atoms with Gasteiger partial charge in [-0.05, 0) is 83.0 Å². The smallest absolute Gasteiger partial charge is 0.460 e. The van der Waals surface area contributed by atoms with E-state index < -0.39 is 53.9 Å². The van der Waals surface area contributed by atoms with Gasteiger partial charge in [0.25, 0.3) is 5.91 Å². The van der Waals surface area contributed by atoms with Crippen molar-refractivity contribution >= 4 is 34.7 Å². The molecule has 0 aliphatic carbocycles. The number of benzene rings is 2. The molecule has 0 bridgehead atoms. The second kappa shape index (κ2) is 12.4. The number of esters is 1. The Bertz CT molecular complexity index is 1750. The highest BCUT2D eigenvalue weighted by Gasteiger charge is 2.59. The molecule has 0 radical (unpaired) electrons. The van der Waals surface area contributed by atoms with E-state index >= 15 is 0 Å². The molecule has 12 heteroatoms. The topological polar surface area (TPSA) is 149 Å². The van der Waals surface area contributed by atoms with Crippen molar-refractivity contribution in [2.75, 3.05) is 12.4 Å². The van der Waals surface area contributed by atoms with E-state index in [0.29, 0.717) is 34.4 Å². The number of rotatable bonds is 8. The number of ether oxygens (including phenoxy) is 6. The van der Waals surface area contributed by atoms with Crippen LogP contribution in [-0.2, 0) is 30.2 Å². The van der Waals surface area contributed by atoms with E-state index in [2.05, 4.69) is 5.32 Å². The maximum absolute atomic E-state index is 13.2. The van der Waals surface area contributed by atoms with Gasteiger partial charge in [-0.25, -0.2) is 9.59 Å². The zero-order valence-electron chi connectivity index (χ0n) is 26.0. The lowest BCUT2D eigenvalue weighted by molar-refractivity contribution is -0.282. The van der Waals surface area contributed by atoms with Gasteiger partial charge in [0.1, 0.15) is 28.9 Å². The number of aryl methyl sites for hydroxylation is 1. The zero-order valence-corrected chi connectivity index (χ0v) is 26.0. The molecular weight excluding hydrogens is 586 g/mol. The van der Waals surface area contributed by atoms with Gasteiger partial charge in [-0.3, -0.25) is 9.59 Å². The zero-order chi connectivity index (χ0) is 32.6. The molecule has 238 valence electrons. The molecular formula is C33H35NO11. The molecule has 1 amide bonds. The fourth-order valence-electron chi connectivity index (χ4n) is 5.46. The van der Waals surface area contributed by atoms with Crippen LogP contribution in [0.2, 0.25) is 0 Å². The number of methoxy groups -OCH3 is 1. The van der Waals surface area contributed by atoms with Gasteiger partial charge in [-0.1, -0.05) is 11.6 Å². The van der Waals surface area contributed by atoms with E-state index in [1.54, 1.807) is 45.0 Å². The highest BCUT2D eigenvalue weighted by atomic mass is 16.8. The van der Waals surface area contributed by atoms with Crippen LogP contribution < -0.4 is 20.4 Å². The molecule has 2 aliphatic heterocycles. The maximum Gasteiger partial charge on any atom is 0.509 e. The second-order valence-corrected chi connectivity index (χ2v) is 11.7. The molecule has 4 atom stereocenters. The first kappa shape index (κ1) is 31.7. The first-order chi connectivity index (χ1) is 21.3. The summed E-state index contributed by atoms with van der Waals surface area (Å²) in [6.45, 7) is 10.5. The first-order valence-corrected chi connectivity index (χ1v) is 14.4. The minimum Gasteiger partial charge on any atom is -0.460 e. The van der Waals surface area contributed by atoms with Crippen molar-refractivity contribution in [3.63, 3.8) is 0 Å². The number of carbonyl (C=O) groups is 3. The van der Waals surface area contributed by atoms with Gasteiger partial charge in [0.15, 0.2) is 6.10 Å². The van der Waals surface area contributed by atoms with Crippen LogP contribution >= 0.6 is 0 Å². The highest BCUT2D eigenvalue weighted by molar-refractivity contribution is 6.05. The maximum atomic E-state index is 13.2. The summed E-state index contributed by atoms with van der Waals surface area (Å²) in [5, 5.41) is 3.15. The Hall–Kier alpha value is -4.68. The van der Waals surface area contributed by atoms with Crippen molar-refractivity contribution in [2.45, 2.75) is 78.2 Å². The van der Waals surface area contributed by atoms with E-state index in [9.17, 15) is 19.2 Å². The summed E-state index contributed by atoms with van der Waals surface area (Å²) in [7, 11) is 1.50. The third-order valence-electron chi connectivity index (χ3n) is 7.61. The van der Waals surface area contributed by atoms with Crippen LogP contribution in [0.25, 0.3) is 11.0 Å². The summed E-state index contributed by atoms with van der Waals surface area (Å²) in [6.07, 6.45) is -1.70. The molecule has 2 unspecified atom stereocenters. The van der Waals surface area contributed by atoms with Crippen molar-refractivity contribution in [2.24, 2.45) is 0 Å². The number of amides is 1. The molecule has 5 rings (SSSR count). The van der Waals surface area contributed by atoms with Gasteiger partial charge < -0.3 is 38.2 Å². The molecule has 12 nitrogen and oxygen atoms in total. The molecule has 3 aromatic rings. The first-order valence-electron chi connectivity index (χ1n) is 14.4. The average Bonchev–Trinajstić information content (AvgIpc) is 3.35. The third kappa shape index (κ3) is 6.57. The Morgan fingerprint density at radius 3 is 2.40 bits per heavy atom. The van der Waals surface area contributed by atoms with Crippen LogP contribution in [0, 0.1) is 6.92 Å². The fourth-order valence-corrected chi connectivity index (χ4v) is 5.46. The molecule has 0 spiro atoms. The number of anilines is 1. The van der Waals surface area contributed by atoms with Gasteiger partial charge in [0.05, 0.1) is 5.60 Å². The van der Waals surface area contributed by atoms with Crippen LogP contribution in [0.1, 0.15) is 56.1 Å². The van der Waals surface area contributed by atoms with Gasteiger partial charge in [-0.15, -0.1) is 0 Å². The van der Waals surface area contributed by atoms with Crippen LogP contribution in [0.5, 0.6) is 11.5 Å². The minimum absolute atomic E-state index is 0.0590. The monoisotopic (exact) mass is 621 g/mol. The molecule has 2 aromatic carbocycles. The van der Waals surface area contributed by atoms with Gasteiger partial charge in [0, 0.05) is 30.5 Å². The van der Waals surface area contributed by atoms with E-state index in [4.69, 9.17) is 32.8 Å². The van der Waals surface area contributed by atoms with E-state index in [-0.39, 0.29) is 16.8 Å². The van der Waals surface area contributed by atoms with Crippen molar-refractivity contribution in [3.8, 4) is 11.5 Å². The predicted octanol–water partition coefficient (Wildman–Crippen LogP) is 5.22. The lowest BCUT2D eigenvalue weighted by Gasteiger charge is -2.45. The number of hydrogen-bond donors (Lipinski definition) is 1. The number of hydrogen-bond acceptors (Lipinski definition) is 11.